The third kappa shape index (κ3) is 2.89. The highest BCUT2D eigenvalue weighted by Gasteiger charge is 2.21. The van der Waals surface area contributed by atoms with Gasteiger partial charge in [0.1, 0.15) is 5.82 Å². The fourth-order valence-corrected chi connectivity index (χ4v) is 1.47. The molecule has 0 saturated heterocycles. The van der Waals surface area contributed by atoms with E-state index in [-0.39, 0.29) is 12.4 Å². The summed E-state index contributed by atoms with van der Waals surface area (Å²) in [5, 5.41) is 0. The van der Waals surface area contributed by atoms with Crippen molar-refractivity contribution in [3.8, 4) is 5.88 Å². The summed E-state index contributed by atoms with van der Waals surface area (Å²) in [6.07, 6.45) is 4.84. The molecule has 2 N–H and O–H groups in total. The third-order valence-electron chi connectivity index (χ3n) is 2.57. The van der Waals surface area contributed by atoms with Crippen molar-refractivity contribution < 1.29 is 9.13 Å². The van der Waals surface area contributed by atoms with Crippen LogP contribution in [0.15, 0.2) is 12.3 Å². The number of nitrogens with zero attached hydrogens (tertiary/aromatic N) is 1. The summed E-state index contributed by atoms with van der Waals surface area (Å²) < 4.78 is 18.3. The Morgan fingerprint density at radius 1 is 1.53 bits per heavy atom. The Morgan fingerprint density at radius 2 is 2.33 bits per heavy atom. The van der Waals surface area contributed by atoms with Crippen LogP contribution >= 0.6 is 0 Å². The van der Waals surface area contributed by atoms with E-state index in [1.807, 2.05) is 0 Å². The Balaban J connectivity index is 1.92. The molecule has 0 bridgehead atoms. The van der Waals surface area contributed by atoms with E-state index in [4.69, 9.17) is 10.5 Å². The lowest BCUT2D eigenvalue weighted by atomic mass is 10.2. The highest BCUT2D eigenvalue weighted by molar-refractivity contribution is 5.25. The molecular weight excluding hydrogens is 195 g/mol. The Morgan fingerprint density at radius 3 is 3.00 bits per heavy atom. The monoisotopic (exact) mass is 210 g/mol. The fraction of sp³-hybridized carbons (Fsp3) is 0.545. The number of hydrogen-bond donors (Lipinski definition) is 1. The van der Waals surface area contributed by atoms with E-state index >= 15 is 0 Å². The molecule has 0 aliphatic heterocycles. The van der Waals surface area contributed by atoms with Gasteiger partial charge in [-0.25, -0.2) is 9.37 Å². The third-order valence-corrected chi connectivity index (χ3v) is 2.57. The van der Waals surface area contributed by atoms with Crippen LogP contribution in [0.3, 0.4) is 0 Å². The van der Waals surface area contributed by atoms with Gasteiger partial charge >= 0.3 is 0 Å². The lowest BCUT2D eigenvalue weighted by molar-refractivity contribution is 0.287. The summed E-state index contributed by atoms with van der Waals surface area (Å²) in [7, 11) is 0. The first-order valence-electron chi connectivity index (χ1n) is 5.27. The molecule has 0 aromatic carbocycles. The number of rotatable bonds is 5. The van der Waals surface area contributed by atoms with Gasteiger partial charge in [0.2, 0.25) is 5.88 Å². The van der Waals surface area contributed by atoms with Crippen LogP contribution in [0.4, 0.5) is 4.39 Å². The van der Waals surface area contributed by atoms with Gasteiger partial charge in [0, 0.05) is 12.1 Å². The molecule has 0 unspecified atom stereocenters. The van der Waals surface area contributed by atoms with E-state index in [2.05, 4.69) is 4.98 Å². The number of halogens is 1. The van der Waals surface area contributed by atoms with Crippen LogP contribution in [0.25, 0.3) is 0 Å². The predicted molar refractivity (Wildman–Crippen MR) is 54.9 cm³/mol. The van der Waals surface area contributed by atoms with Gasteiger partial charge < -0.3 is 10.5 Å². The summed E-state index contributed by atoms with van der Waals surface area (Å²) in [6.45, 7) is 0.903. The summed E-state index contributed by atoms with van der Waals surface area (Å²) >= 11 is 0. The smallest absolute Gasteiger partial charge is 0.218 e. The summed E-state index contributed by atoms with van der Waals surface area (Å²) in [5.41, 5.74) is 6.11. The SMILES string of the molecule is NCc1cc(F)cnc1OCCC1CC1. The van der Waals surface area contributed by atoms with Crippen molar-refractivity contribution in [3.05, 3.63) is 23.6 Å². The molecule has 1 heterocycles. The molecular formula is C11H15FN2O. The largest absolute Gasteiger partial charge is 0.477 e. The Labute approximate surface area is 88.5 Å². The molecule has 0 atom stereocenters. The molecule has 1 saturated carbocycles. The fourth-order valence-electron chi connectivity index (χ4n) is 1.47. The zero-order valence-electron chi connectivity index (χ0n) is 8.58. The average Bonchev–Trinajstić information content (AvgIpc) is 3.04. The second-order valence-electron chi connectivity index (χ2n) is 3.90. The molecule has 2 rings (SSSR count). The van der Waals surface area contributed by atoms with Crippen LogP contribution in [-0.4, -0.2) is 11.6 Å². The van der Waals surface area contributed by atoms with Gasteiger partial charge in [-0.15, -0.1) is 0 Å². The van der Waals surface area contributed by atoms with Crippen molar-refractivity contribution in [2.75, 3.05) is 6.61 Å². The molecule has 1 aromatic heterocycles. The van der Waals surface area contributed by atoms with Crippen LogP contribution in [0.5, 0.6) is 5.88 Å². The maximum atomic E-state index is 12.8. The molecule has 0 amide bonds. The highest BCUT2D eigenvalue weighted by Crippen LogP contribution is 2.32. The van der Waals surface area contributed by atoms with Crippen LogP contribution in [0.2, 0.25) is 0 Å². The van der Waals surface area contributed by atoms with E-state index < -0.39 is 0 Å². The van der Waals surface area contributed by atoms with E-state index in [1.165, 1.54) is 18.9 Å². The highest BCUT2D eigenvalue weighted by atomic mass is 19.1. The minimum Gasteiger partial charge on any atom is -0.477 e. The predicted octanol–water partition coefficient (Wildman–Crippen LogP) is 1.86. The molecule has 1 fully saturated rings. The summed E-state index contributed by atoms with van der Waals surface area (Å²) in [6, 6.07) is 1.37. The lowest BCUT2D eigenvalue weighted by Crippen LogP contribution is -2.06. The molecule has 1 aliphatic rings. The van der Waals surface area contributed by atoms with Crippen molar-refractivity contribution in [1.29, 1.82) is 0 Å². The van der Waals surface area contributed by atoms with E-state index in [0.717, 1.165) is 18.5 Å². The standard InChI is InChI=1S/C11H15FN2O/c12-10-5-9(6-13)11(14-7-10)15-4-3-8-1-2-8/h5,7-8H,1-4,6,13H2. The normalized spacial score (nSPS) is 15.3. The second-order valence-corrected chi connectivity index (χ2v) is 3.90. The number of ether oxygens (including phenoxy) is 1. The molecule has 1 aromatic rings. The number of hydrogen-bond acceptors (Lipinski definition) is 3. The number of aromatic nitrogens is 1. The zero-order chi connectivity index (χ0) is 10.7. The minimum absolute atomic E-state index is 0.253. The number of nitrogens with two attached hydrogens (primary N) is 1. The molecule has 82 valence electrons. The number of pyridine rings is 1. The zero-order valence-corrected chi connectivity index (χ0v) is 8.58. The average molecular weight is 210 g/mol. The van der Waals surface area contributed by atoms with Crippen LogP contribution in [0.1, 0.15) is 24.8 Å². The summed E-state index contributed by atoms with van der Waals surface area (Å²) in [5.74, 6) is 0.927. The van der Waals surface area contributed by atoms with Crippen molar-refractivity contribution in [2.45, 2.75) is 25.8 Å². The van der Waals surface area contributed by atoms with Crippen LogP contribution in [-0.2, 0) is 6.54 Å². The van der Waals surface area contributed by atoms with Crippen LogP contribution < -0.4 is 10.5 Å². The summed E-state index contributed by atoms with van der Waals surface area (Å²) in [4.78, 5) is 3.89. The van der Waals surface area contributed by atoms with Gasteiger partial charge in [-0.2, -0.15) is 0 Å². The maximum absolute atomic E-state index is 12.8. The van der Waals surface area contributed by atoms with Gasteiger partial charge in [0.15, 0.2) is 0 Å². The van der Waals surface area contributed by atoms with Gasteiger partial charge in [-0.3, -0.25) is 0 Å². The Bertz CT molecular complexity index is 339. The lowest BCUT2D eigenvalue weighted by Gasteiger charge is -2.08. The van der Waals surface area contributed by atoms with Crippen molar-refractivity contribution >= 4 is 0 Å². The first kappa shape index (κ1) is 10.4. The molecule has 15 heavy (non-hydrogen) atoms. The van der Waals surface area contributed by atoms with Gasteiger partial charge in [0.25, 0.3) is 0 Å². The first-order valence-corrected chi connectivity index (χ1v) is 5.27. The molecule has 1 aliphatic carbocycles. The maximum Gasteiger partial charge on any atom is 0.218 e. The topological polar surface area (TPSA) is 48.1 Å². The van der Waals surface area contributed by atoms with Gasteiger partial charge in [-0.1, -0.05) is 12.8 Å². The second kappa shape index (κ2) is 4.57. The van der Waals surface area contributed by atoms with Crippen molar-refractivity contribution in [3.63, 3.8) is 0 Å². The quantitative estimate of drug-likeness (QED) is 0.807. The Kier molecular flexibility index (Phi) is 3.16. The van der Waals surface area contributed by atoms with E-state index in [9.17, 15) is 4.39 Å². The van der Waals surface area contributed by atoms with Crippen molar-refractivity contribution in [1.82, 2.24) is 4.98 Å². The molecule has 0 radical (unpaired) electrons. The van der Waals surface area contributed by atoms with Gasteiger partial charge in [-0.05, 0) is 18.4 Å². The van der Waals surface area contributed by atoms with E-state index in [1.54, 1.807) is 0 Å². The molecule has 0 spiro atoms. The van der Waals surface area contributed by atoms with E-state index in [0.29, 0.717) is 18.1 Å². The van der Waals surface area contributed by atoms with Crippen LogP contribution in [0, 0.1) is 11.7 Å². The van der Waals surface area contributed by atoms with Gasteiger partial charge in [0.05, 0.1) is 12.8 Å². The molecule has 4 heteroatoms. The van der Waals surface area contributed by atoms with Crippen molar-refractivity contribution in [2.24, 2.45) is 11.7 Å². The Hall–Kier alpha value is -1.16. The first-order chi connectivity index (χ1) is 7.29. The molecule has 3 nitrogen and oxygen atoms in total. The minimum atomic E-state index is -0.370.